The lowest BCUT2D eigenvalue weighted by molar-refractivity contribution is 0.0570. The third kappa shape index (κ3) is 4.95. The van der Waals surface area contributed by atoms with Crippen LogP contribution in [0.25, 0.3) is 0 Å². The van der Waals surface area contributed by atoms with Crippen LogP contribution in [0.4, 0.5) is 4.79 Å². The second-order valence-electron chi connectivity index (χ2n) is 6.38. The van der Waals surface area contributed by atoms with Crippen molar-refractivity contribution in [3.05, 3.63) is 64.7 Å². The minimum absolute atomic E-state index is 0.0545. The average Bonchev–Trinajstić information content (AvgIpc) is 2.73. The molecule has 3 rings (SSSR count). The van der Waals surface area contributed by atoms with Crippen molar-refractivity contribution in [1.29, 1.82) is 0 Å². The Hall–Kier alpha value is -2.73. The summed E-state index contributed by atoms with van der Waals surface area (Å²) in [4.78, 5) is 27.8. The van der Waals surface area contributed by atoms with Crippen LogP contribution in [0.3, 0.4) is 0 Å². The minimum Gasteiger partial charge on any atom is -0.489 e. The van der Waals surface area contributed by atoms with Gasteiger partial charge in [-0.1, -0.05) is 29.8 Å². The molecule has 0 unspecified atom stereocenters. The maximum atomic E-state index is 12.7. The number of amides is 2. The summed E-state index contributed by atoms with van der Waals surface area (Å²) in [5.74, 6) is 0.616. The predicted molar refractivity (Wildman–Crippen MR) is 107 cm³/mol. The number of hydrogen-bond acceptors (Lipinski definition) is 4. The Balaban J connectivity index is 1.53. The van der Waals surface area contributed by atoms with E-state index < -0.39 is 0 Å². The molecule has 2 amide bonds. The molecule has 2 aromatic carbocycles. The Morgan fingerprint density at radius 3 is 2.25 bits per heavy atom. The molecule has 1 saturated heterocycles. The molecule has 148 valence electrons. The summed E-state index contributed by atoms with van der Waals surface area (Å²) in [6.07, 6.45) is -0.324. The first-order valence-electron chi connectivity index (χ1n) is 9.25. The summed E-state index contributed by atoms with van der Waals surface area (Å²) >= 11 is 6.13. The van der Waals surface area contributed by atoms with Gasteiger partial charge in [-0.15, -0.1) is 0 Å². The van der Waals surface area contributed by atoms with Gasteiger partial charge in [0.05, 0.1) is 6.61 Å². The van der Waals surface area contributed by atoms with Crippen molar-refractivity contribution >= 4 is 23.6 Å². The Morgan fingerprint density at radius 1 is 0.964 bits per heavy atom. The van der Waals surface area contributed by atoms with Crippen LogP contribution in [0.1, 0.15) is 22.8 Å². The van der Waals surface area contributed by atoms with Gasteiger partial charge < -0.3 is 19.3 Å². The molecule has 1 heterocycles. The first-order chi connectivity index (χ1) is 13.6. The zero-order valence-electron chi connectivity index (χ0n) is 15.8. The van der Waals surface area contributed by atoms with Gasteiger partial charge in [-0.3, -0.25) is 4.79 Å². The number of halogens is 1. The van der Waals surface area contributed by atoms with E-state index in [4.69, 9.17) is 21.1 Å². The second kappa shape index (κ2) is 9.46. The van der Waals surface area contributed by atoms with Crippen LogP contribution < -0.4 is 4.74 Å². The number of ether oxygens (including phenoxy) is 2. The molecule has 7 heteroatoms. The van der Waals surface area contributed by atoms with Crippen LogP contribution >= 0.6 is 11.6 Å². The number of piperazine rings is 1. The van der Waals surface area contributed by atoms with E-state index in [1.165, 1.54) is 0 Å². The molecule has 0 N–H and O–H groups in total. The van der Waals surface area contributed by atoms with Gasteiger partial charge in [0.1, 0.15) is 12.4 Å². The second-order valence-corrected chi connectivity index (χ2v) is 6.79. The molecule has 1 aliphatic rings. The van der Waals surface area contributed by atoms with Gasteiger partial charge in [-0.25, -0.2) is 4.79 Å². The van der Waals surface area contributed by atoms with Crippen LogP contribution in [0.15, 0.2) is 48.5 Å². The van der Waals surface area contributed by atoms with Crippen molar-refractivity contribution in [3.8, 4) is 5.75 Å². The van der Waals surface area contributed by atoms with Crippen LogP contribution in [-0.4, -0.2) is 54.6 Å². The summed E-state index contributed by atoms with van der Waals surface area (Å²) in [6.45, 7) is 4.42. The molecular formula is C21H23ClN2O4. The zero-order chi connectivity index (χ0) is 19.9. The smallest absolute Gasteiger partial charge is 0.409 e. The highest BCUT2D eigenvalue weighted by Gasteiger charge is 2.25. The van der Waals surface area contributed by atoms with Gasteiger partial charge in [0.2, 0.25) is 0 Å². The lowest BCUT2D eigenvalue weighted by Gasteiger charge is -2.34. The standard InChI is InChI=1S/C21H23ClN2O4/c1-2-27-21(26)24-13-11-23(12-14-24)20(25)16-7-9-18(10-8-16)28-15-17-5-3-4-6-19(17)22/h3-10H,2,11-15H2,1H3. The van der Waals surface area contributed by atoms with E-state index in [0.717, 1.165) is 5.56 Å². The van der Waals surface area contributed by atoms with E-state index >= 15 is 0 Å². The zero-order valence-corrected chi connectivity index (χ0v) is 16.5. The third-order valence-electron chi connectivity index (χ3n) is 4.55. The normalized spacial score (nSPS) is 13.9. The molecule has 0 atom stereocenters. The highest BCUT2D eigenvalue weighted by Crippen LogP contribution is 2.19. The van der Waals surface area contributed by atoms with E-state index in [1.54, 1.807) is 41.0 Å². The maximum Gasteiger partial charge on any atom is 0.409 e. The fourth-order valence-electron chi connectivity index (χ4n) is 2.96. The molecule has 0 aliphatic carbocycles. The Labute approximate surface area is 169 Å². The first-order valence-corrected chi connectivity index (χ1v) is 9.63. The van der Waals surface area contributed by atoms with Crippen LogP contribution in [0.5, 0.6) is 5.75 Å². The number of rotatable bonds is 5. The molecule has 1 fully saturated rings. The van der Waals surface area contributed by atoms with Crippen LogP contribution in [0.2, 0.25) is 5.02 Å². The number of carbonyl (C=O) groups excluding carboxylic acids is 2. The van der Waals surface area contributed by atoms with Crippen LogP contribution in [-0.2, 0) is 11.3 Å². The largest absolute Gasteiger partial charge is 0.489 e. The van der Waals surface area contributed by atoms with E-state index in [-0.39, 0.29) is 12.0 Å². The molecule has 0 radical (unpaired) electrons. The monoisotopic (exact) mass is 402 g/mol. The molecule has 0 aromatic heterocycles. The molecule has 28 heavy (non-hydrogen) atoms. The van der Waals surface area contributed by atoms with E-state index in [1.807, 2.05) is 24.3 Å². The predicted octanol–water partition coefficient (Wildman–Crippen LogP) is 3.83. The quantitative estimate of drug-likeness (QED) is 0.762. The first kappa shape index (κ1) is 20.0. The van der Waals surface area contributed by atoms with E-state index in [9.17, 15) is 9.59 Å². The maximum absolute atomic E-state index is 12.7. The number of nitrogens with zero attached hydrogens (tertiary/aromatic N) is 2. The van der Waals surface area contributed by atoms with Crippen molar-refractivity contribution < 1.29 is 19.1 Å². The minimum atomic E-state index is -0.324. The lowest BCUT2D eigenvalue weighted by Crippen LogP contribution is -2.50. The summed E-state index contributed by atoms with van der Waals surface area (Å²) in [5.41, 5.74) is 1.50. The molecular weight excluding hydrogens is 380 g/mol. The van der Waals surface area contributed by atoms with Gasteiger partial charge in [0, 0.05) is 42.3 Å². The number of benzene rings is 2. The van der Waals surface area contributed by atoms with Gasteiger partial charge in [-0.2, -0.15) is 0 Å². The molecule has 2 aromatic rings. The molecule has 1 aliphatic heterocycles. The topological polar surface area (TPSA) is 59.1 Å². The number of carbonyl (C=O) groups is 2. The fourth-order valence-corrected chi connectivity index (χ4v) is 3.15. The fraction of sp³-hybridized carbons (Fsp3) is 0.333. The van der Waals surface area contributed by atoms with Crippen molar-refractivity contribution in [2.24, 2.45) is 0 Å². The van der Waals surface area contributed by atoms with Crippen molar-refractivity contribution in [1.82, 2.24) is 9.80 Å². The Kier molecular flexibility index (Phi) is 6.76. The van der Waals surface area contributed by atoms with Crippen molar-refractivity contribution in [3.63, 3.8) is 0 Å². The Morgan fingerprint density at radius 2 is 1.61 bits per heavy atom. The molecule has 6 nitrogen and oxygen atoms in total. The summed E-state index contributed by atoms with van der Waals surface area (Å²) < 4.78 is 10.7. The molecule has 0 spiro atoms. The van der Waals surface area contributed by atoms with Crippen molar-refractivity contribution in [2.45, 2.75) is 13.5 Å². The summed E-state index contributed by atoms with van der Waals surface area (Å²) in [7, 11) is 0. The molecule has 0 saturated carbocycles. The Bertz CT molecular complexity index is 817. The summed E-state index contributed by atoms with van der Waals surface area (Å²) in [6, 6.07) is 14.6. The lowest BCUT2D eigenvalue weighted by atomic mass is 10.1. The van der Waals surface area contributed by atoms with Crippen LogP contribution in [0, 0.1) is 0 Å². The van der Waals surface area contributed by atoms with Gasteiger partial charge >= 0.3 is 6.09 Å². The highest BCUT2D eigenvalue weighted by molar-refractivity contribution is 6.31. The van der Waals surface area contributed by atoms with E-state index in [0.29, 0.717) is 55.7 Å². The highest BCUT2D eigenvalue weighted by atomic mass is 35.5. The average molecular weight is 403 g/mol. The summed E-state index contributed by atoms with van der Waals surface area (Å²) in [5, 5.41) is 0.663. The van der Waals surface area contributed by atoms with Crippen molar-refractivity contribution in [2.75, 3.05) is 32.8 Å². The molecule has 0 bridgehead atoms. The van der Waals surface area contributed by atoms with Gasteiger partial charge in [0.25, 0.3) is 5.91 Å². The third-order valence-corrected chi connectivity index (χ3v) is 4.92. The number of hydrogen-bond donors (Lipinski definition) is 0. The SMILES string of the molecule is CCOC(=O)N1CCN(C(=O)c2ccc(OCc3ccccc3Cl)cc2)CC1. The van der Waals surface area contributed by atoms with Gasteiger partial charge in [-0.05, 0) is 37.3 Å². The van der Waals surface area contributed by atoms with E-state index in [2.05, 4.69) is 0 Å². The van der Waals surface area contributed by atoms with Gasteiger partial charge in [0.15, 0.2) is 0 Å².